The second-order valence-electron chi connectivity index (χ2n) is 6.81. The molecular weight excluding hydrogens is 388 g/mol. The van der Waals surface area contributed by atoms with Crippen LogP contribution in [0.1, 0.15) is 47.1 Å². The third-order valence-corrected chi connectivity index (χ3v) is 4.14. The number of benzene rings is 2. The Hall–Kier alpha value is -3.61. The van der Waals surface area contributed by atoms with Gasteiger partial charge in [-0.1, -0.05) is 12.1 Å². The van der Waals surface area contributed by atoms with Gasteiger partial charge in [-0.2, -0.15) is 0 Å². The number of rotatable bonds is 7. The molecule has 0 aliphatic rings. The van der Waals surface area contributed by atoms with Crippen LogP contribution in [-0.4, -0.2) is 24.6 Å². The summed E-state index contributed by atoms with van der Waals surface area (Å²) >= 11 is 0. The lowest BCUT2D eigenvalue weighted by Gasteiger charge is -2.09. The van der Waals surface area contributed by atoms with Crippen molar-refractivity contribution < 1.29 is 28.2 Å². The minimum Gasteiger partial charge on any atom is -0.489 e. The van der Waals surface area contributed by atoms with Gasteiger partial charge in [-0.15, -0.1) is 0 Å². The first kappa shape index (κ1) is 21.1. The van der Waals surface area contributed by atoms with Gasteiger partial charge in [0.2, 0.25) is 0 Å². The molecule has 156 valence electrons. The fourth-order valence-electron chi connectivity index (χ4n) is 2.72. The molecule has 0 fully saturated rings. The predicted octanol–water partition coefficient (Wildman–Crippen LogP) is 4.11. The molecule has 0 bridgehead atoms. The van der Waals surface area contributed by atoms with Gasteiger partial charge in [0.05, 0.1) is 18.3 Å². The Labute approximate surface area is 173 Å². The highest BCUT2D eigenvalue weighted by Crippen LogP contribution is 2.22. The van der Waals surface area contributed by atoms with Crippen LogP contribution >= 0.6 is 0 Å². The van der Waals surface area contributed by atoms with Gasteiger partial charge >= 0.3 is 17.6 Å². The summed E-state index contributed by atoms with van der Waals surface area (Å²) in [6, 6.07) is 13.4. The van der Waals surface area contributed by atoms with Crippen LogP contribution in [0.3, 0.4) is 0 Å². The van der Waals surface area contributed by atoms with E-state index in [2.05, 4.69) is 0 Å². The van der Waals surface area contributed by atoms with Crippen LogP contribution in [-0.2, 0) is 16.1 Å². The molecule has 0 aliphatic carbocycles. The molecule has 0 spiro atoms. The summed E-state index contributed by atoms with van der Waals surface area (Å²) in [6.07, 6.45) is -0.179. The van der Waals surface area contributed by atoms with E-state index in [1.54, 1.807) is 63.2 Å². The van der Waals surface area contributed by atoms with E-state index in [9.17, 15) is 14.4 Å². The van der Waals surface area contributed by atoms with Crippen LogP contribution in [0.5, 0.6) is 5.75 Å². The van der Waals surface area contributed by atoms with E-state index >= 15 is 0 Å². The fourth-order valence-corrected chi connectivity index (χ4v) is 2.72. The molecular formula is C23H22O7. The van der Waals surface area contributed by atoms with Crippen molar-refractivity contribution in [1.29, 1.82) is 0 Å². The average Bonchev–Trinajstić information content (AvgIpc) is 2.71. The number of hydrogen-bond acceptors (Lipinski definition) is 7. The molecule has 0 radical (unpaired) electrons. The van der Waals surface area contributed by atoms with Crippen molar-refractivity contribution >= 4 is 22.9 Å². The van der Waals surface area contributed by atoms with Crippen LogP contribution in [0.4, 0.5) is 0 Å². The largest absolute Gasteiger partial charge is 0.489 e. The lowest BCUT2D eigenvalue weighted by Crippen LogP contribution is -2.16. The molecule has 0 unspecified atom stereocenters. The standard InChI is InChI=1S/C23H22O7/c1-4-27-22(25)19-11-17-9-10-18(12-20(17)30-23(19)26)28-13-15-5-7-16(8-6-15)21(24)29-14(2)3/h5-12,14H,4,13H2,1-3H3. The normalized spacial score (nSPS) is 10.8. The molecule has 7 heteroatoms. The molecule has 3 rings (SSSR count). The van der Waals surface area contributed by atoms with E-state index in [0.29, 0.717) is 22.3 Å². The van der Waals surface area contributed by atoms with Gasteiger partial charge < -0.3 is 18.6 Å². The maximum absolute atomic E-state index is 12.0. The third-order valence-electron chi connectivity index (χ3n) is 4.14. The smallest absolute Gasteiger partial charge is 0.351 e. The van der Waals surface area contributed by atoms with E-state index < -0.39 is 11.6 Å². The van der Waals surface area contributed by atoms with Crippen LogP contribution < -0.4 is 10.4 Å². The molecule has 0 saturated heterocycles. The number of esters is 2. The van der Waals surface area contributed by atoms with Gasteiger partial charge in [0.1, 0.15) is 23.5 Å². The number of hydrogen-bond donors (Lipinski definition) is 0. The van der Waals surface area contributed by atoms with Crippen LogP contribution in [0.25, 0.3) is 11.0 Å². The monoisotopic (exact) mass is 410 g/mol. The Morgan fingerprint density at radius 2 is 1.73 bits per heavy atom. The molecule has 0 aliphatic heterocycles. The lowest BCUT2D eigenvalue weighted by molar-refractivity contribution is 0.0377. The summed E-state index contributed by atoms with van der Waals surface area (Å²) in [5.74, 6) is -0.587. The minimum atomic E-state index is -0.762. The van der Waals surface area contributed by atoms with E-state index in [4.69, 9.17) is 18.6 Å². The third kappa shape index (κ3) is 5.05. The van der Waals surface area contributed by atoms with E-state index in [1.807, 2.05) is 0 Å². The summed E-state index contributed by atoms with van der Waals surface area (Å²) in [7, 11) is 0. The van der Waals surface area contributed by atoms with Crippen molar-refractivity contribution in [3.8, 4) is 5.75 Å². The van der Waals surface area contributed by atoms with Crippen molar-refractivity contribution in [1.82, 2.24) is 0 Å². The van der Waals surface area contributed by atoms with Gasteiger partial charge in [0.15, 0.2) is 0 Å². The van der Waals surface area contributed by atoms with Gasteiger partial charge in [-0.05, 0) is 56.7 Å². The van der Waals surface area contributed by atoms with Gasteiger partial charge in [-0.3, -0.25) is 0 Å². The molecule has 0 N–H and O–H groups in total. The molecule has 0 saturated carbocycles. The fraction of sp³-hybridized carbons (Fsp3) is 0.261. The molecule has 7 nitrogen and oxygen atoms in total. The first-order valence-electron chi connectivity index (χ1n) is 9.55. The number of fused-ring (bicyclic) bond motifs is 1. The van der Waals surface area contributed by atoms with Crippen LogP contribution in [0, 0.1) is 0 Å². The molecule has 2 aromatic carbocycles. The zero-order valence-electron chi connectivity index (χ0n) is 17.0. The SMILES string of the molecule is CCOC(=O)c1cc2ccc(OCc3ccc(C(=O)OC(C)C)cc3)cc2oc1=O. The summed E-state index contributed by atoms with van der Waals surface area (Å²) in [5.41, 5.74) is 0.723. The highest BCUT2D eigenvalue weighted by atomic mass is 16.5. The molecule has 3 aromatic rings. The molecule has 1 heterocycles. The van der Waals surface area contributed by atoms with Gasteiger partial charge in [0.25, 0.3) is 0 Å². The highest BCUT2D eigenvalue weighted by molar-refractivity contribution is 5.93. The minimum absolute atomic E-state index is 0.144. The summed E-state index contributed by atoms with van der Waals surface area (Å²) < 4.78 is 21.0. The van der Waals surface area contributed by atoms with E-state index in [-0.39, 0.29) is 30.9 Å². The maximum Gasteiger partial charge on any atom is 0.351 e. The average molecular weight is 410 g/mol. The second kappa shape index (κ2) is 9.26. The first-order chi connectivity index (χ1) is 14.4. The van der Waals surface area contributed by atoms with Crippen molar-refractivity contribution in [2.75, 3.05) is 6.61 Å². The van der Waals surface area contributed by atoms with Crippen LogP contribution in [0.2, 0.25) is 0 Å². The van der Waals surface area contributed by atoms with Crippen molar-refractivity contribution in [3.63, 3.8) is 0 Å². The Morgan fingerprint density at radius 1 is 1.00 bits per heavy atom. The lowest BCUT2D eigenvalue weighted by atomic mass is 10.1. The Bertz CT molecular complexity index is 1110. The number of ether oxygens (including phenoxy) is 3. The molecule has 1 aromatic heterocycles. The first-order valence-corrected chi connectivity index (χ1v) is 9.55. The highest BCUT2D eigenvalue weighted by Gasteiger charge is 2.15. The van der Waals surface area contributed by atoms with E-state index in [1.165, 1.54) is 6.07 Å². The van der Waals surface area contributed by atoms with Crippen molar-refractivity contribution in [3.05, 3.63) is 75.6 Å². The zero-order chi connectivity index (χ0) is 21.7. The topological polar surface area (TPSA) is 92.0 Å². The quantitative estimate of drug-likeness (QED) is 0.427. The Morgan fingerprint density at radius 3 is 2.40 bits per heavy atom. The van der Waals surface area contributed by atoms with Gasteiger partial charge in [-0.25, -0.2) is 14.4 Å². The van der Waals surface area contributed by atoms with E-state index in [0.717, 1.165) is 5.56 Å². The maximum atomic E-state index is 12.0. The molecule has 0 atom stereocenters. The summed E-state index contributed by atoms with van der Waals surface area (Å²) in [4.78, 5) is 35.7. The summed E-state index contributed by atoms with van der Waals surface area (Å²) in [5, 5.41) is 0.582. The Balaban J connectivity index is 1.70. The van der Waals surface area contributed by atoms with Crippen LogP contribution in [0.15, 0.2) is 57.7 Å². The summed E-state index contributed by atoms with van der Waals surface area (Å²) in [6.45, 7) is 5.68. The van der Waals surface area contributed by atoms with Crippen molar-refractivity contribution in [2.45, 2.75) is 33.5 Å². The number of carbonyl (C=O) groups excluding carboxylic acids is 2. The van der Waals surface area contributed by atoms with Crippen molar-refractivity contribution in [2.24, 2.45) is 0 Å². The molecule has 0 amide bonds. The number of carbonyl (C=O) groups is 2. The predicted molar refractivity (Wildman–Crippen MR) is 110 cm³/mol. The Kier molecular flexibility index (Phi) is 6.51. The zero-order valence-corrected chi connectivity index (χ0v) is 17.0. The molecule has 30 heavy (non-hydrogen) atoms. The second-order valence-corrected chi connectivity index (χ2v) is 6.81. The van der Waals surface area contributed by atoms with Gasteiger partial charge in [0, 0.05) is 11.5 Å².